The quantitative estimate of drug-likeness (QED) is 0.745. The van der Waals surface area contributed by atoms with Crippen LogP contribution in [0.3, 0.4) is 0 Å². The molecule has 1 atom stereocenters. The zero-order valence-electron chi connectivity index (χ0n) is 15.1. The van der Waals surface area contributed by atoms with Crippen molar-refractivity contribution in [1.82, 2.24) is 14.8 Å². The highest BCUT2D eigenvalue weighted by molar-refractivity contribution is 5.99. The monoisotopic (exact) mass is 356 g/mol. The molecular formula is C22H20N4O. The first-order valence-corrected chi connectivity index (χ1v) is 9.32. The van der Waals surface area contributed by atoms with Crippen LogP contribution in [0, 0.1) is 6.92 Å². The molecule has 1 aliphatic heterocycles. The number of benzene rings is 2. The van der Waals surface area contributed by atoms with Crippen molar-refractivity contribution < 1.29 is 4.79 Å². The fraction of sp³-hybridized carbons (Fsp3) is 0.227. The van der Waals surface area contributed by atoms with Gasteiger partial charge >= 0.3 is 0 Å². The van der Waals surface area contributed by atoms with Crippen molar-refractivity contribution >= 4 is 11.7 Å². The molecule has 0 saturated carbocycles. The fourth-order valence-corrected chi connectivity index (χ4v) is 3.92. The number of nitrogens with zero attached hydrogens (tertiary/aromatic N) is 3. The van der Waals surface area contributed by atoms with E-state index in [0.717, 1.165) is 35.2 Å². The third kappa shape index (κ3) is 2.67. The topological polar surface area (TPSA) is 59.8 Å². The van der Waals surface area contributed by atoms with Crippen molar-refractivity contribution in [3.8, 4) is 11.4 Å². The van der Waals surface area contributed by atoms with Gasteiger partial charge in [-0.1, -0.05) is 60.2 Å². The summed E-state index contributed by atoms with van der Waals surface area (Å²) < 4.78 is 1.87. The van der Waals surface area contributed by atoms with Crippen LogP contribution >= 0.6 is 0 Å². The summed E-state index contributed by atoms with van der Waals surface area (Å²) in [7, 11) is 0. The molecule has 1 aromatic heterocycles. The van der Waals surface area contributed by atoms with Crippen molar-refractivity contribution in [2.75, 3.05) is 5.32 Å². The standard InChI is InChI=1S/C22H20N4O/c1-14-10-12-15(13-11-14)20-19-17(8-5-9-18(19)27)23-22-24-21(25-26(20)22)16-6-3-2-4-7-16/h2-4,6-7,10-13,20H,5,8-9H2,1H3,(H,23,24,25). The minimum Gasteiger partial charge on any atom is -0.328 e. The number of anilines is 1. The summed E-state index contributed by atoms with van der Waals surface area (Å²) in [5.41, 5.74) is 5.06. The molecule has 2 aliphatic rings. The van der Waals surface area contributed by atoms with Gasteiger partial charge in [0.1, 0.15) is 6.04 Å². The average Bonchev–Trinajstić information content (AvgIpc) is 3.12. The van der Waals surface area contributed by atoms with Gasteiger partial charge in [-0.2, -0.15) is 4.98 Å². The largest absolute Gasteiger partial charge is 0.328 e. The van der Waals surface area contributed by atoms with Crippen LogP contribution in [-0.4, -0.2) is 20.5 Å². The zero-order valence-corrected chi connectivity index (χ0v) is 15.1. The molecule has 0 fully saturated rings. The fourth-order valence-electron chi connectivity index (χ4n) is 3.92. The Morgan fingerprint density at radius 1 is 1.04 bits per heavy atom. The zero-order chi connectivity index (χ0) is 18.4. The molecule has 5 heteroatoms. The molecule has 0 saturated heterocycles. The predicted molar refractivity (Wildman–Crippen MR) is 104 cm³/mol. The van der Waals surface area contributed by atoms with E-state index in [0.29, 0.717) is 18.2 Å². The van der Waals surface area contributed by atoms with Crippen LogP contribution in [0.25, 0.3) is 11.4 Å². The van der Waals surface area contributed by atoms with Crippen molar-refractivity contribution in [2.45, 2.75) is 32.2 Å². The Labute approximate surface area is 157 Å². The number of ketones is 1. The number of hydrogen-bond acceptors (Lipinski definition) is 4. The number of aromatic nitrogens is 3. The molecule has 134 valence electrons. The van der Waals surface area contributed by atoms with Crippen molar-refractivity contribution in [3.63, 3.8) is 0 Å². The summed E-state index contributed by atoms with van der Waals surface area (Å²) >= 11 is 0. The Balaban J connectivity index is 1.68. The normalized spacial score (nSPS) is 18.7. The van der Waals surface area contributed by atoms with E-state index in [1.807, 2.05) is 35.0 Å². The van der Waals surface area contributed by atoms with E-state index in [4.69, 9.17) is 10.1 Å². The highest BCUT2D eigenvalue weighted by Crippen LogP contribution is 2.40. The second-order valence-electron chi connectivity index (χ2n) is 7.18. The molecule has 5 nitrogen and oxygen atoms in total. The number of carbonyl (C=O) groups is 1. The van der Waals surface area contributed by atoms with Crippen LogP contribution in [0.4, 0.5) is 5.95 Å². The van der Waals surface area contributed by atoms with Gasteiger partial charge in [0, 0.05) is 23.3 Å². The van der Waals surface area contributed by atoms with E-state index < -0.39 is 0 Å². The van der Waals surface area contributed by atoms with Crippen LogP contribution in [0.5, 0.6) is 0 Å². The molecule has 2 heterocycles. The Morgan fingerprint density at radius 3 is 2.59 bits per heavy atom. The maximum absolute atomic E-state index is 12.8. The van der Waals surface area contributed by atoms with Crippen LogP contribution in [0.2, 0.25) is 0 Å². The maximum atomic E-state index is 12.8. The molecule has 5 rings (SSSR count). The Bertz CT molecular complexity index is 1050. The van der Waals surface area contributed by atoms with Gasteiger partial charge in [-0.3, -0.25) is 4.79 Å². The molecule has 0 bridgehead atoms. The third-order valence-electron chi connectivity index (χ3n) is 5.29. The number of fused-ring (bicyclic) bond motifs is 1. The van der Waals surface area contributed by atoms with Crippen LogP contribution in [-0.2, 0) is 4.79 Å². The van der Waals surface area contributed by atoms with E-state index in [1.165, 1.54) is 5.56 Å². The lowest BCUT2D eigenvalue weighted by Gasteiger charge is -2.32. The first kappa shape index (κ1) is 16.0. The van der Waals surface area contributed by atoms with Crippen LogP contribution in [0.1, 0.15) is 36.4 Å². The molecule has 27 heavy (non-hydrogen) atoms. The summed E-state index contributed by atoms with van der Waals surface area (Å²) in [5.74, 6) is 1.58. The lowest BCUT2D eigenvalue weighted by Crippen LogP contribution is -2.31. The summed E-state index contributed by atoms with van der Waals surface area (Å²) in [5, 5.41) is 8.16. The highest BCUT2D eigenvalue weighted by atomic mass is 16.1. The highest BCUT2D eigenvalue weighted by Gasteiger charge is 2.36. The van der Waals surface area contributed by atoms with Gasteiger partial charge < -0.3 is 5.32 Å². The number of aryl methyl sites for hydroxylation is 1. The van der Waals surface area contributed by atoms with E-state index >= 15 is 0 Å². The number of Topliss-reactive ketones (excluding diaryl/α,β-unsaturated/α-hetero) is 1. The minimum atomic E-state index is -0.227. The van der Waals surface area contributed by atoms with E-state index in [1.54, 1.807) is 0 Å². The molecule has 0 spiro atoms. The molecule has 1 unspecified atom stereocenters. The molecule has 1 N–H and O–H groups in total. The van der Waals surface area contributed by atoms with Crippen molar-refractivity contribution in [3.05, 3.63) is 77.0 Å². The SMILES string of the molecule is Cc1ccc(C2C3=C(CCCC3=O)Nc3nc(-c4ccccc4)nn32)cc1. The summed E-state index contributed by atoms with van der Waals surface area (Å²) in [6.45, 7) is 2.07. The lowest BCUT2D eigenvalue weighted by molar-refractivity contribution is -0.116. The number of carbonyl (C=O) groups excluding carboxylic acids is 1. The lowest BCUT2D eigenvalue weighted by atomic mass is 9.85. The van der Waals surface area contributed by atoms with Gasteiger partial charge in [0.05, 0.1) is 0 Å². The third-order valence-corrected chi connectivity index (χ3v) is 5.29. The molecular weight excluding hydrogens is 336 g/mol. The van der Waals surface area contributed by atoms with E-state index in [2.05, 4.69) is 36.5 Å². The molecule has 0 amide bonds. The molecule has 3 aromatic rings. The number of rotatable bonds is 2. The van der Waals surface area contributed by atoms with Crippen LogP contribution < -0.4 is 5.32 Å². The predicted octanol–water partition coefficient (Wildman–Crippen LogP) is 4.28. The summed E-state index contributed by atoms with van der Waals surface area (Å²) in [4.78, 5) is 17.5. The van der Waals surface area contributed by atoms with Gasteiger partial charge in [-0.05, 0) is 25.3 Å². The second-order valence-corrected chi connectivity index (χ2v) is 7.18. The van der Waals surface area contributed by atoms with Gasteiger partial charge in [-0.15, -0.1) is 5.10 Å². The first-order chi connectivity index (χ1) is 13.2. The Morgan fingerprint density at radius 2 is 1.81 bits per heavy atom. The number of allylic oxidation sites excluding steroid dienone is 2. The number of hydrogen-bond donors (Lipinski definition) is 1. The summed E-state index contributed by atoms with van der Waals surface area (Å²) in [6, 6.07) is 18.1. The van der Waals surface area contributed by atoms with Gasteiger partial charge in [0.2, 0.25) is 5.95 Å². The smallest absolute Gasteiger partial charge is 0.226 e. The first-order valence-electron chi connectivity index (χ1n) is 9.32. The maximum Gasteiger partial charge on any atom is 0.226 e. The van der Waals surface area contributed by atoms with Gasteiger partial charge in [-0.25, -0.2) is 4.68 Å². The van der Waals surface area contributed by atoms with Gasteiger partial charge in [0.15, 0.2) is 11.6 Å². The Kier molecular flexibility index (Phi) is 3.67. The minimum absolute atomic E-state index is 0.205. The molecule has 2 aromatic carbocycles. The average molecular weight is 356 g/mol. The van der Waals surface area contributed by atoms with E-state index in [9.17, 15) is 4.79 Å². The number of nitrogens with one attached hydrogen (secondary N) is 1. The van der Waals surface area contributed by atoms with Crippen molar-refractivity contribution in [1.29, 1.82) is 0 Å². The molecule has 0 radical (unpaired) electrons. The Hall–Kier alpha value is -3.21. The molecule has 1 aliphatic carbocycles. The second kappa shape index (κ2) is 6.20. The summed E-state index contributed by atoms with van der Waals surface area (Å²) in [6.07, 6.45) is 2.35. The van der Waals surface area contributed by atoms with Crippen molar-refractivity contribution in [2.24, 2.45) is 0 Å². The van der Waals surface area contributed by atoms with Gasteiger partial charge in [0.25, 0.3) is 0 Å². The van der Waals surface area contributed by atoms with E-state index in [-0.39, 0.29) is 11.8 Å². The van der Waals surface area contributed by atoms with Crippen LogP contribution in [0.15, 0.2) is 65.9 Å².